The molecule has 1 aromatic carbocycles. The number of aliphatic hydroxyl groups is 1. The molecule has 1 aliphatic heterocycles. The van der Waals surface area contributed by atoms with Gasteiger partial charge in [0, 0.05) is 31.6 Å². The topological polar surface area (TPSA) is 88.1 Å². The van der Waals surface area contributed by atoms with Crippen molar-refractivity contribution < 1.29 is 24.2 Å². The van der Waals surface area contributed by atoms with Gasteiger partial charge in [0.2, 0.25) is 5.91 Å². The van der Waals surface area contributed by atoms with E-state index in [1.54, 1.807) is 18.2 Å². The maximum Gasteiger partial charge on any atom is 0.254 e. The van der Waals surface area contributed by atoms with Crippen LogP contribution in [0.1, 0.15) is 17.3 Å². The van der Waals surface area contributed by atoms with Crippen LogP contribution in [0.4, 0.5) is 0 Å². The van der Waals surface area contributed by atoms with Gasteiger partial charge >= 0.3 is 0 Å². The van der Waals surface area contributed by atoms with Gasteiger partial charge in [-0.1, -0.05) is 0 Å². The third kappa shape index (κ3) is 3.48. The number of β-amino-alcohol motifs (C(OH)–C–C–N with tert-alkyl or cyclic N) is 1. The highest BCUT2D eigenvalue weighted by Gasteiger charge is 2.35. The first kappa shape index (κ1) is 16.1. The minimum absolute atomic E-state index is 0.170. The smallest absolute Gasteiger partial charge is 0.254 e. The van der Waals surface area contributed by atoms with Crippen LogP contribution >= 0.6 is 0 Å². The summed E-state index contributed by atoms with van der Waals surface area (Å²) in [5.41, 5.74) is 0.409. The summed E-state index contributed by atoms with van der Waals surface area (Å²) < 4.78 is 10.3. The Hall–Kier alpha value is -2.28. The fourth-order valence-electron chi connectivity index (χ4n) is 2.47. The average Bonchev–Trinajstić information content (AvgIpc) is 2.86. The highest BCUT2D eigenvalue weighted by Crippen LogP contribution is 2.24. The van der Waals surface area contributed by atoms with Gasteiger partial charge in [-0.3, -0.25) is 9.59 Å². The van der Waals surface area contributed by atoms with Crippen molar-refractivity contribution in [3.8, 4) is 11.5 Å². The maximum atomic E-state index is 12.6. The summed E-state index contributed by atoms with van der Waals surface area (Å²) >= 11 is 0. The molecule has 1 heterocycles. The van der Waals surface area contributed by atoms with E-state index in [4.69, 9.17) is 9.47 Å². The van der Waals surface area contributed by atoms with Gasteiger partial charge in [-0.15, -0.1) is 0 Å². The molecule has 1 saturated heterocycles. The zero-order valence-corrected chi connectivity index (χ0v) is 12.8. The molecule has 22 heavy (non-hydrogen) atoms. The van der Waals surface area contributed by atoms with Crippen LogP contribution in [0.2, 0.25) is 0 Å². The number of nitrogens with one attached hydrogen (secondary N) is 1. The number of benzene rings is 1. The Kier molecular flexibility index (Phi) is 4.87. The van der Waals surface area contributed by atoms with Crippen molar-refractivity contribution in [3.63, 3.8) is 0 Å². The molecular weight excluding hydrogens is 288 g/mol. The number of rotatable bonds is 4. The molecule has 0 saturated carbocycles. The largest absolute Gasteiger partial charge is 0.497 e. The van der Waals surface area contributed by atoms with Crippen LogP contribution in [0.3, 0.4) is 0 Å². The number of carbonyl (C=O) groups excluding carboxylic acids is 2. The van der Waals surface area contributed by atoms with E-state index in [2.05, 4.69) is 5.32 Å². The van der Waals surface area contributed by atoms with E-state index in [0.29, 0.717) is 17.1 Å². The summed E-state index contributed by atoms with van der Waals surface area (Å²) in [4.78, 5) is 25.2. The molecule has 120 valence electrons. The summed E-state index contributed by atoms with van der Waals surface area (Å²) in [6, 6.07) is 4.45. The number of methoxy groups -OCH3 is 2. The molecule has 2 atom stereocenters. The lowest BCUT2D eigenvalue weighted by Crippen LogP contribution is -2.41. The Labute approximate surface area is 128 Å². The number of hydrogen-bond acceptors (Lipinski definition) is 5. The Morgan fingerprint density at radius 3 is 2.27 bits per heavy atom. The Morgan fingerprint density at radius 1 is 1.18 bits per heavy atom. The van der Waals surface area contributed by atoms with Crippen molar-refractivity contribution in [1.82, 2.24) is 10.2 Å². The third-order valence-corrected chi connectivity index (χ3v) is 3.56. The predicted octanol–water partition coefficient (Wildman–Crippen LogP) is 0.0252. The van der Waals surface area contributed by atoms with Gasteiger partial charge in [-0.2, -0.15) is 0 Å². The van der Waals surface area contributed by atoms with Gasteiger partial charge in [0.05, 0.1) is 26.4 Å². The summed E-state index contributed by atoms with van der Waals surface area (Å²) in [6.45, 7) is 1.81. The zero-order chi connectivity index (χ0) is 16.3. The number of amides is 2. The summed E-state index contributed by atoms with van der Waals surface area (Å²) in [6.07, 6.45) is -0.777. The second kappa shape index (κ2) is 6.65. The lowest BCUT2D eigenvalue weighted by Gasteiger charge is -2.17. The van der Waals surface area contributed by atoms with Crippen molar-refractivity contribution in [2.75, 3.05) is 27.3 Å². The lowest BCUT2D eigenvalue weighted by molar-refractivity contribution is -0.120. The van der Waals surface area contributed by atoms with Crippen molar-refractivity contribution in [2.45, 2.75) is 19.1 Å². The second-order valence-electron chi connectivity index (χ2n) is 5.19. The van der Waals surface area contributed by atoms with Crippen LogP contribution in [0.5, 0.6) is 11.5 Å². The van der Waals surface area contributed by atoms with Gasteiger partial charge in [0.15, 0.2) is 0 Å². The fraction of sp³-hybridized carbons (Fsp3) is 0.467. The van der Waals surface area contributed by atoms with Crippen molar-refractivity contribution in [3.05, 3.63) is 23.8 Å². The molecule has 7 nitrogen and oxygen atoms in total. The van der Waals surface area contributed by atoms with E-state index in [9.17, 15) is 14.7 Å². The standard InChI is InChI=1S/C15H20N2O5/c1-9(18)16-13-7-17(8-14(13)19)15(20)10-4-11(21-2)6-12(5-10)22-3/h4-6,13-14,19H,7-8H2,1-3H3,(H,16,18)/t13-,14-/m1/s1. The van der Waals surface area contributed by atoms with Crippen molar-refractivity contribution in [2.24, 2.45) is 0 Å². The fourth-order valence-corrected chi connectivity index (χ4v) is 2.47. The summed E-state index contributed by atoms with van der Waals surface area (Å²) in [7, 11) is 3.02. The highest BCUT2D eigenvalue weighted by atomic mass is 16.5. The van der Waals surface area contributed by atoms with Crippen LogP contribution in [0.25, 0.3) is 0 Å². The molecule has 1 aliphatic rings. The summed E-state index contributed by atoms with van der Waals surface area (Å²) in [5.74, 6) is 0.548. The zero-order valence-electron chi connectivity index (χ0n) is 12.8. The predicted molar refractivity (Wildman–Crippen MR) is 79.1 cm³/mol. The van der Waals surface area contributed by atoms with Crippen molar-refractivity contribution >= 4 is 11.8 Å². The molecule has 7 heteroatoms. The first-order valence-electron chi connectivity index (χ1n) is 6.92. The van der Waals surface area contributed by atoms with E-state index in [1.807, 2.05) is 0 Å². The van der Waals surface area contributed by atoms with Crippen LogP contribution in [0, 0.1) is 0 Å². The lowest BCUT2D eigenvalue weighted by atomic mass is 10.1. The minimum atomic E-state index is -0.777. The molecule has 0 bridgehead atoms. The molecule has 1 aromatic rings. The molecule has 2 amide bonds. The van der Waals surface area contributed by atoms with E-state index in [1.165, 1.54) is 26.0 Å². The number of hydrogen-bond donors (Lipinski definition) is 2. The molecule has 0 aliphatic carbocycles. The van der Waals surface area contributed by atoms with Gasteiger partial charge in [0.1, 0.15) is 11.5 Å². The number of carbonyl (C=O) groups is 2. The van der Waals surface area contributed by atoms with Gasteiger partial charge in [-0.25, -0.2) is 0 Å². The Morgan fingerprint density at radius 2 is 1.77 bits per heavy atom. The van der Waals surface area contributed by atoms with Gasteiger partial charge < -0.3 is 24.8 Å². The van der Waals surface area contributed by atoms with E-state index in [0.717, 1.165) is 0 Å². The number of ether oxygens (including phenoxy) is 2. The number of likely N-dealkylation sites (tertiary alicyclic amines) is 1. The monoisotopic (exact) mass is 308 g/mol. The van der Waals surface area contributed by atoms with Gasteiger partial charge in [0.25, 0.3) is 5.91 Å². The van der Waals surface area contributed by atoms with E-state index < -0.39 is 12.1 Å². The first-order chi connectivity index (χ1) is 10.4. The minimum Gasteiger partial charge on any atom is -0.497 e. The third-order valence-electron chi connectivity index (χ3n) is 3.56. The molecule has 0 unspecified atom stereocenters. The van der Waals surface area contributed by atoms with Crippen LogP contribution in [-0.4, -0.2) is 61.3 Å². The average molecular weight is 308 g/mol. The van der Waals surface area contributed by atoms with Crippen molar-refractivity contribution in [1.29, 1.82) is 0 Å². The van der Waals surface area contributed by atoms with Crippen LogP contribution in [-0.2, 0) is 4.79 Å². The van der Waals surface area contributed by atoms with Gasteiger partial charge in [-0.05, 0) is 12.1 Å². The van der Waals surface area contributed by atoms with Crippen LogP contribution < -0.4 is 14.8 Å². The normalized spacial score (nSPS) is 20.6. The second-order valence-corrected chi connectivity index (χ2v) is 5.19. The maximum absolute atomic E-state index is 12.6. The first-order valence-corrected chi connectivity index (χ1v) is 6.92. The molecule has 0 radical (unpaired) electrons. The molecular formula is C15H20N2O5. The van der Waals surface area contributed by atoms with Crippen LogP contribution in [0.15, 0.2) is 18.2 Å². The molecule has 0 aromatic heterocycles. The van der Waals surface area contributed by atoms with E-state index >= 15 is 0 Å². The van der Waals surface area contributed by atoms with E-state index in [-0.39, 0.29) is 24.9 Å². The highest BCUT2D eigenvalue weighted by molar-refractivity contribution is 5.95. The number of nitrogens with zero attached hydrogens (tertiary/aromatic N) is 1. The molecule has 0 spiro atoms. The SMILES string of the molecule is COc1cc(OC)cc(C(=O)N2C[C@@H](O)[C@H](NC(C)=O)C2)c1. The Balaban J connectivity index is 2.17. The molecule has 2 rings (SSSR count). The molecule has 2 N–H and O–H groups in total. The summed E-state index contributed by atoms with van der Waals surface area (Å²) in [5, 5.41) is 12.6. The Bertz CT molecular complexity index is 553. The number of aliphatic hydroxyl groups excluding tert-OH is 1. The quantitative estimate of drug-likeness (QED) is 0.819. The molecule has 1 fully saturated rings.